The average Bonchev–Trinajstić information content (AvgIpc) is 2.68. The predicted molar refractivity (Wildman–Crippen MR) is 105 cm³/mol. The van der Waals surface area contributed by atoms with Gasteiger partial charge in [-0.25, -0.2) is 9.37 Å². The van der Waals surface area contributed by atoms with Crippen molar-refractivity contribution >= 4 is 40.5 Å². The lowest BCUT2D eigenvalue weighted by atomic mass is 10.1. The van der Waals surface area contributed by atoms with Crippen molar-refractivity contribution in [2.45, 2.75) is 6.18 Å². The maximum atomic E-state index is 13.0. The first-order chi connectivity index (χ1) is 14.5. The number of hydrazine groups is 1. The number of nitrogens with one attached hydrogen (secondary N) is 1. The van der Waals surface area contributed by atoms with E-state index in [1.807, 2.05) is 0 Å². The summed E-state index contributed by atoms with van der Waals surface area (Å²) in [6, 6.07) is 6.31. The summed E-state index contributed by atoms with van der Waals surface area (Å²) in [4.78, 5) is 28.7. The largest absolute Gasteiger partial charge is 0.509 e. The number of carbonyl (C=O) groups is 2. The van der Waals surface area contributed by atoms with Crippen LogP contribution in [0.15, 0.2) is 53.9 Å². The van der Waals surface area contributed by atoms with E-state index in [-0.39, 0.29) is 11.4 Å². The van der Waals surface area contributed by atoms with E-state index >= 15 is 0 Å². The van der Waals surface area contributed by atoms with Crippen molar-refractivity contribution in [1.82, 2.24) is 9.99 Å². The van der Waals surface area contributed by atoms with Crippen LogP contribution in [-0.4, -0.2) is 38.6 Å². The molecule has 2 heterocycles. The van der Waals surface area contributed by atoms with Crippen molar-refractivity contribution in [2.75, 3.05) is 16.9 Å². The molecule has 1 aliphatic rings. The van der Waals surface area contributed by atoms with Crippen LogP contribution in [0, 0.1) is 5.82 Å². The Morgan fingerprint density at radius 1 is 1.19 bits per heavy atom. The van der Waals surface area contributed by atoms with Crippen LogP contribution in [0.25, 0.3) is 0 Å². The van der Waals surface area contributed by atoms with Crippen molar-refractivity contribution in [1.29, 1.82) is 0 Å². The van der Waals surface area contributed by atoms with Crippen LogP contribution in [-0.2, 0) is 15.8 Å². The molecule has 162 valence electrons. The van der Waals surface area contributed by atoms with Crippen molar-refractivity contribution in [3.63, 3.8) is 0 Å². The summed E-state index contributed by atoms with van der Waals surface area (Å²) >= 11 is 4.84. The molecule has 0 unspecified atom stereocenters. The smallest absolute Gasteiger partial charge is 0.433 e. The Hall–Kier alpha value is -3.74. The van der Waals surface area contributed by atoms with Gasteiger partial charge in [-0.05, 0) is 48.6 Å². The Kier molecular flexibility index (Phi) is 5.79. The molecule has 2 amide bonds. The fourth-order valence-corrected chi connectivity index (χ4v) is 2.90. The van der Waals surface area contributed by atoms with Gasteiger partial charge in [-0.1, -0.05) is 0 Å². The van der Waals surface area contributed by atoms with Gasteiger partial charge in [0, 0.05) is 5.69 Å². The SMILES string of the molecule is NC(=S)N1C(=O)C(C(=O)Nc2ccc(F)cc2)=C(O)CN1c1ccc(C(F)(F)F)nc1. The minimum Gasteiger partial charge on any atom is -0.509 e. The molecular formula is C18H13F4N5O3S. The number of hydrogen-bond acceptors (Lipinski definition) is 6. The number of alkyl halides is 3. The first-order valence-electron chi connectivity index (χ1n) is 8.42. The molecule has 1 aromatic carbocycles. The molecule has 0 atom stereocenters. The molecule has 0 aliphatic carbocycles. The van der Waals surface area contributed by atoms with Gasteiger partial charge in [0.05, 0.1) is 18.4 Å². The van der Waals surface area contributed by atoms with E-state index in [1.165, 1.54) is 12.1 Å². The normalized spacial score (nSPS) is 14.6. The molecule has 0 saturated heterocycles. The second-order valence-corrected chi connectivity index (χ2v) is 6.61. The minimum atomic E-state index is -4.67. The molecule has 4 N–H and O–H groups in total. The molecule has 0 bridgehead atoms. The van der Waals surface area contributed by atoms with Crippen LogP contribution in [0.5, 0.6) is 0 Å². The zero-order valence-electron chi connectivity index (χ0n) is 15.4. The molecule has 13 heteroatoms. The van der Waals surface area contributed by atoms with Gasteiger partial charge in [-0.15, -0.1) is 0 Å². The number of benzene rings is 1. The maximum absolute atomic E-state index is 13.0. The summed E-state index contributed by atoms with van der Waals surface area (Å²) in [5.74, 6) is -3.36. The molecule has 3 rings (SSSR count). The van der Waals surface area contributed by atoms with Gasteiger partial charge in [-0.3, -0.25) is 14.6 Å². The summed E-state index contributed by atoms with van der Waals surface area (Å²) in [5, 5.41) is 13.8. The number of thiocarbonyl (C=S) groups is 1. The average molecular weight is 455 g/mol. The third kappa shape index (κ3) is 4.55. The van der Waals surface area contributed by atoms with Crippen LogP contribution >= 0.6 is 12.2 Å². The fourth-order valence-electron chi connectivity index (χ4n) is 2.72. The van der Waals surface area contributed by atoms with Gasteiger partial charge in [0.25, 0.3) is 11.8 Å². The highest BCUT2D eigenvalue weighted by molar-refractivity contribution is 7.80. The molecule has 0 fully saturated rings. The first-order valence-corrected chi connectivity index (χ1v) is 8.83. The number of nitrogens with two attached hydrogens (primary N) is 1. The molecule has 8 nitrogen and oxygen atoms in total. The molecule has 0 spiro atoms. The van der Waals surface area contributed by atoms with Crippen molar-refractivity contribution < 1.29 is 32.3 Å². The highest BCUT2D eigenvalue weighted by atomic mass is 32.1. The van der Waals surface area contributed by atoms with Gasteiger partial charge in [0.2, 0.25) is 0 Å². The molecule has 1 aromatic heterocycles. The maximum Gasteiger partial charge on any atom is 0.433 e. The summed E-state index contributed by atoms with van der Waals surface area (Å²) in [5.41, 5.74) is 3.83. The van der Waals surface area contributed by atoms with Gasteiger partial charge in [0.15, 0.2) is 5.11 Å². The van der Waals surface area contributed by atoms with Crippen molar-refractivity contribution in [3.05, 3.63) is 65.4 Å². The number of pyridine rings is 1. The second kappa shape index (κ2) is 8.18. The van der Waals surface area contributed by atoms with Gasteiger partial charge < -0.3 is 16.2 Å². The zero-order chi connectivity index (χ0) is 22.9. The molecule has 0 radical (unpaired) electrons. The number of halogens is 4. The van der Waals surface area contributed by atoms with E-state index in [4.69, 9.17) is 18.0 Å². The van der Waals surface area contributed by atoms with E-state index in [0.29, 0.717) is 11.1 Å². The summed E-state index contributed by atoms with van der Waals surface area (Å²) in [6.45, 7) is -0.512. The topological polar surface area (TPSA) is 112 Å². The summed E-state index contributed by atoms with van der Waals surface area (Å²) < 4.78 is 51.2. The van der Waals surface area contributed by atoms with Gasteiger partial charge >= 0.3 is 6.18 Å². The van der Waals surface area contributed by atoms with Crippen molar-refractivity contribution in [2.24, 2.45) is 5.73 Å². The van der Waals surface area contributed by atoms with Crippen LogP contribution in [0.2, 0.25) is 0 Å². The number of carbonyl (C=O) groups excluding carboxylic acids is 2. The molecule has 31 heavy (non-hydrogen) atoms. The Bertz CT molecular complexity index is 1070. The van der Waals surface area contributed by atoms with Crippen molar-refractivity contribution in [3.8, 4) is 0 Å². The Labute approximate surface area is 177 Å². The predicted octanol–water partition coefficient (Wildman–Crippen LogP) is 2.50. The Balaban J connectivity index is 1.92. The highest BCUT2D eigenvalue weighted by Gasteiger charge is 2.39. The molecule has 1 aliphatic heterocycles. The molecule has 2 aromatic rings. The standard InChI is InChI=1S/C18H13F4N5O3S/c19-9-1-3-10(4-2-9)25-15(29)14-12(28)8-26(27(16(14)30)17(23)31)11-5-6-13(24-7-11)18(20,21)22/h1-7,28H,8H2,(H2,23,31)(H,25,29). The third-order valence-corrected chi connectivity index (χ3v) is 4.28. The molecular weight excluding hydrogens is 442 g/mol. The number of rotatable bonds is 3. The zero-order valence-corrected chi connectivity index (χ0v) is 16.2. The summed E-state index contributed by atoms with van der Waals surface area (Å²) in [7, 11) is 0. The third-order valence-electron chi connectivity index (χ3n) is 4.11. The van der Waals surface area contributed by atoms with Crippen LogP contribution in [0.1, 0.15) is 5.69 Å². The van der Waals surface area contributed by atoms with E-state index in [2.05, 4.69) is 10.3 Å². The van der Waals surface area contributed by atoms with Crippen LogP contribution < -0.4 is 16.1 Å². The number of aromatic nitrogens is 1. The first kappa shape index (κ1) is 22.0. The van der Waals surface area contributed by atoms with Gasteiger partial charge in [-0.2, -0.15) is 18.2 Å². The molecule has 0 saturated carbocycles. The number of hydrogen-bond donors (Lipinski definition) is 3. The second-order valence-electron chi connectivity index (χ2n) is 6.19. The monoisotopic (exact) mass is 455 g/mol. The number of nitrogens with zero attached hydrogens (tertiary/aromatic N) is 3. The Morgan fingerprint density at radius 3 is 2.35 bits per heavy atom. The van der Waals surface area contributed by atoms with Crippen LogP contribution in [0.3, 0.4) is 0 Å². The van der Waals surface area contributed by atoms with E-state index in [1.54, 1.807) is 0 Å². The summed E-state index contributed by atoms with van der Waals surface area (Å²) in [6.07, 6.45) is -3.86. The van der Waals surface area contributed by atoms with E-state index < -0.39 is 52.5 Å². The van der Waals surface area contributed by atoms with Gasteiger partial charge in [0.1, 0.15) is 22.8 Å². The lowest BCUT2D eigenvalue weighted by molar-refractivity contribution is -0.141. The number of aliphatic hydroxyl groups excluding tert-OH is 1. The Morgan fingerprint density at radius 2 is 1.84 bits per heavy atom. The fraction of sp³-hybridized carbons (Fsp3) is 0.111. The lowest BCUT2D eigenvalue weighted by Gasteiger charge is -2.38. The van der Waals surface area contributed by atoms with E-state index in [0.717, 1.165) is 29.4 Å². The number of aliphatic hydroxyl groups is 1. The minimum absolute atomic E-state index is 0.0429. The number of amides is 2. The number of anilines is 2. The van der Waals surface area contributed by atoms with E-state index in [9.17, 15) is 32.3 Å². The quantitative estimate of drug-likeness (QED) is 0.370. The highest BCUT2D eigenvalue weighted by Crippen LogP contribution is 2.30. The van der Waals surface area contributed by atoms with Crippen LogP contribution in [0.4, 0.5) is 28.9 Å². The lowest BCUT2D eigenvalue weighted by Crippen LogP contribution is -2.57.